The van der Waals surface area contributed by atoms with Crippen LogP contribution in [0.5, 0.6) is 0 Å². The predicted octanol–water partition coefficient (Wildman–Crippen LogP) is 2.86. The highest BCUT2D eigenvalue weighted by atomic mass is 79.9. The summed E-state index contributed by atoms with van der Waals surface area (Å²) in [7, 11) is 0. The van der Waals surface area contributed by atoms with Crippen molar-refractivity contribution in [1.82, 2.24) is 4.90 Å². The monoisotopic (exact) mass is 348 g/mol. The molecule has 0 radical (unpaired) electrons. The second-order valence-corrected chi connectivity index (χ2v) is 7.41. The van der Waals surface area contributed by atoms with Crippen LogP contribution in [0.2, 0.25) is 0 Å². The van der Waals surface area contributed by atoms with Crippen molar-refractivity contribution in [2.75, 3.05) is 6.61 Å². The van der Waals surface area contributed by atoms with E-state index in [2.05, 4.69) is 21.1 Å². The molecule has 0 aromatic rings. The Labute approximate surface area is 127 Å². The third-order valence-electron chi connectivity index (χ3n) is 3.20. The lowest BCUT2D eigenvalue weighted by Gasteiger charge is -2.36. The number of halogens is 1. The molecule has 6 nitrogen and oxygen atoms in total. The lowest BCUT2D eigenvalue weighted by Crippen LogP contribution is -2.53. The topological polar surface area (TPSA) is 60.4 Å². The van der Waals surface area contributed by atoms with E-state index in [0.29, 0.717) is 13.0 Å². The first kappa shape index (κ1) is 15.6. The smallest absolute Gasteiger partial charge is 0.413 e. The van der Waals surface area contributed by atoms with Crippen molar-refractivity contribution in [3.05, 3.63) is 0 Å². The first-order valence-corrected chi connectivity index (χ1v) is 7.44. The van der Waals surface area contributed by atoms with Crippen LogP contribution in [0.3, 0.4) is 0 Å². The van der Waals surface area contributed by atoms with Gasteiger partial charge in [0.15, 0.2) is 6.10 Å². The third kappa shape index (κ3) is 3.25. The van der Waals surface area contributed by atoms with Crippen LogP contribution in [0.1, 0.15) is 41.0 Å². The molecule has 0 aliphatic carbocycles. The number of rotatable bonds is 1. The fourth-order valence-electron chi connectivity index (χ4n) is 2.34. The molecule has 1 amide bonds. The van der Waals surface area contributed by atoms with Gasteiger partial charge in [0.1, 0.15) is 22.0 Å². The van der Waals surface area contributed by atoms with Gasteiger partial charge in [0.25, 0.3) is 0 Å². The van der Waals surface area contributed by atoms with E-state index in [1.807, 2.05) is 34.6 Å². The Hall–Kier alpha value is -0.820. The zero-order valence-corrected chi connectivity index (χ0v) is 14.1. The molecule has 0 bridgehead atoms. The zero-order valence-electron chi connectivity index (χ0n) is 12.5. The van der Waals surface area contributed by atoms with Gasteiger partial charge in [-0.05, 0) is 50.5 Å². The summed E-state index contributed by atoms with van der Waals surface area (Å²) in [6.07, 6.45) is 0.0268. The minimum atomic E-state index is -0.717. The molecule has 114 valence electrons. The minimum Gasteiger partial charge on any atom is -0.444 e. The molecule has 7 heteroatoms. The Morgan fingerprint density at radius 3 is 2.65 bits per heavy atom. The normalized spacial score (nSPS) is 29.1. The molecule has 1 saturated heterocycles. The summed E-state index contributed by atoms with van der Waals surface area (Å²) in [5, 5.41) is 3.88. The number of oxime groups is 1. The minimum absolute atomic E-state index is 0.210. The van der Waals surface area contributed by atoms with E-state index in [4.69, 9.17) is 14.3 Å². The molecule has 0 N–H and O–H groups in total. The molecule has 2 atom stereocenters. The molecule has 2 aliphatic rings. The van der Waals surface area contributed by atoms with Crippen molar-refractivity contribution in [3.8, 4) is 0 Å². The maximum Gasteiger partial charge on any atom is 0.413 e. The number of carbonyl (C=O) groups excluding carboxylic acids is 1. The maximum absolute atomic E-state index is 12.4. The van der Waals surface area contributed by atoms with E-state index in [0.717, 1.165) is 4.62 Å². The predicted molar refractivity (Wildman–Crippen MR) is 77.7 cm³/mol. The summed E-state index contributed by atoms with van der Waals surface area (Å²) >= 11 is 3.31. The van der Waals surface area contributed by atoms with Crippen molar-refractivity contribution < 1.29 is 19.1 Å². The molecule has 2 aliphatic heterocycles. The summed E-state index contributed by atoms with van der Waals surface area (Å²) in [6.45, 7) is 9.64. The van der Waals surface area contributed by atoms with Gasteiger partial charge < -0.3 is 14.3 Å². The average Bonchev–Trinajstić information content (AvgIpc) is 2.79. The number of nitrogens with zero attached hydrogens (tertiary/aromatic N) is 2. The van der Waals surface area contributed by atoms with Crippen molar-refractivity contribution in [3.63, 3.8) is 0 Å². The van der Waals surface area contributed by atoms with E-state index in [1.54, 1.807) is 4.90 Å². The summed E-state index contributed by atoms with van der Waals surface area (Å²) in [4.78, 5) is 19.4. The van der Waals surface area contributed by atoms with Crippen molar-refractivity contribution in [2.45, 2.75) is 64.5 Å². The van der Waals surface area contributed by atoms with Crippen LogP contribution in [-0.4, -0.2) is 45.7 Å². The average molecular weight is 349 g/mol. The molecule has 20 heavy (non-hydrogen) atoms. The molecule has 2 heterocycles. The molecular formula is C13H21BrN2O4. The molecule has 0 saturated carbocycles. The number of hydrogen-bond donors (Lipinski definition) is 0. The molecule has 0 aromatic carbocycles. The van der Waals surface area contributed by atoms with E-state index in [1.165, 1.54) is 0 Å². The van der Waals surface area contributed by atoms with Gasteiger partial charge in [-0.25, -0.2) is 4.79 Å². The quantitative estimate of drug-likeness (QED) is 0.730. The van der Waals surface area contributed by atoms with Gasteiger partial charge in [-0.3, -0.25) is 4.90 Å². The first-order chi connectivity index (χ1) is 9.10. The van der Waals surface area contributed by atoms with E-state index < -0.39 is 17.4 Å². The van der Waals surface area contributed by atoms with Gasteiger partial charge >= 0.3 is 6.09 Å². The fraction of sp³-hybridized carbons (Fsp3) is 0.846. The second kappa shape index (κ2) is 5.18. The van der Waals surface area contributed by atoms with E-state index in [-0.39, 0.29) is 12.1 Å². The second-order valence-electron chi connectivity index (χ2n) is 6.49. The largest absolute Gasteiger partial charge is 0.444 e. The Morgan fingerprint density at radius 1 is 1.50 bits per heavy atom. The number of amides is 1. The number of hydrogen-bond acceptors (Lipinski definition) is 5. The van der Waals surface area contributed by atoms with Crippen molar-refractivity contribution in [2.24, 2.45) is 5.16 Å². The Morgan fingerprint density at radius 2 is 2.15 bits per heavy atom. The van der Waals surface area contributed by atoms with Crippen LogP contribution in [0.25, 0.3) is 0 Å². The standard InChI is InChI=1S/C13H21BrN2O4/c1-12(2,3)19-11(17)16-8(7-18-13(16,4)5)9-6-10(14)15-20-9/h8-9H,6-7H2,1-5H3/t8-,9-/m1/s1. The van der Waals surface area contributed by atoms with E-state index in [9.17, 15) is 4.79 Å². The molecular weight excluding hydrogens is 328 g/mol. The van der Waals surface area contributed by atoms with Gasteiger partial charge in [0.2, 0.25) is 0 Å². The van der Waals surface area contributed by atoms with Crippen LogP contribution in [0, 0.1) is 0 Å². The molecule has 1 fully saturated rings. The van der Waals surface area contributed by atoms with Gasteiger partial charge in [0.05, 0.1) is 6.61 Å². The van der Waals surface area contributed by atoms with Gasteiger partial charge in [-0.15, -0.1) is 0 Å². The van der Waals surface area contributed by atoms with Crippen LogP contribution in [-0.2, 0) is 14.3 Å². The first-order valence-electron chi connectivity index (χ1n) is 6.64. The summed E-state index contributed by atoms with van der Waals surface area (Å²) < 4.78 is 12.0. The fourth-order valence-corrected chi connectivity index (χ4v) is 2.75. The van der Waals surface area contributed by atoms with Crippen LogP contribution in [0.15, 0.2) is 5.16 Å². The Kier molecular flexibility index (Phi) is 4.03. The molecule has 2 rings (SSSR count). The summed E-state index contributed by atoms with van der Waals surface area (Å²) in [5.74, 6) is 0. The van der Waals surface area contributed by atoms with Crippen LogP contribution < -0.4 is 0 Å². The van der Waals surface area contributed by atoms with Crippen molar-refractivity contribution in [1.29, 1.82) is 0 Å². The van der Waals surface area contributed by atoms with E-state index >= 15 is 0 Å². The Bertz CT molecular complexity index is 431. The number of carbonyl (C=O) groups is 1. The Balaban J connectivity index is 2.14. The zero-order chi connectivity index (χ0) is 15.1. The van der Waals surface area contributed by atoms with Gasteiger partial charge in [0, 0.05) is 6.42 Å². The van der Waals surface area contributed by atoms with Crippen molar-refractivity contribution >= 4 is 26.6 Å². The SMILES string of the molecule is CC(C)(C)OC(=O)N1[C@@H]([C@H]2CC(Br)=NO2)COC1(C)C. The maximum atomic E-state index is 12.4. The molecule has 0 spiro atoms. The van der Waals surface area contributed by atoms with Gasteiger partial charge in [-0.2, -0.15) is 0 Å². The third-order valence-corrected chi connectivity index (χ3v) is 3.66. The summed E-state index contributed by atoms with van der Waals surface area (Å²) in [5.41, 5.74) is -1.26. The highest BCUT2D eigenvalue weighted by molar-refractivity contribution is 9.18. The highest BCUT2D eigenvalue weighted by Gasteiger charge is 2.50. The van der Waals surface area contributed by atoms with Gasteiger partial charge in [-0.1, -0.05) is 5.16 Å². The lowest BCUT2D eigenvalue weighted by atomic mass is 10.1. The molecule has 0 aromatic heterocycles. The van der Waals surface area contributed by atoms with Crippen LogP contribution >= 0.6 is 15.9 Å². The number of ether oxygens (including phenoxy) is 2. The highest BCUT2D eigenvalue weighted by Crippen LogP contribution is 2.34. The van der Waals surface area contributed by atoms with Crippen LogP contribution in [0.4, 0.5) is 4.79 Å². The lowest BCUT2D eigenvalue weighted by molar-refractivity contribution is -0.0700. The summed E-state index contributed by atoms with van der Waals surface area (Å²) in [6, 6.07) is -0.210. The molecule has 0 unspecified atom stereocenters.